The van der Waals surface area contributed by atoms with Crippen LogP contribution in [0.2, 0.25) is 0 Å². The molecule has 0 bridgehead atoms. The van der Waals surface area contributed by atoms with Crippen LogP contribution < -0.4 is 5.32 Å². The van der Waals surface area contributed by atoms with Gasteiger partial charge in [-0.05, 0) is 17.7 Å². The van der Waals surface area contributed by atoms with Gasteiger partial charge in [0.15, 0.2) is 0 Å². The van der Waals surface area contributed by atoms with E-state index in [0.717, 1.165) is 11.1 Å². The third-order valence-corrected chi connectivity index (χ3v) is 2.54. The van der Waals surface area contributed by atoms with Gasteiger partial charge in [0, 0.05) is 36.6 Å². The monoisotopic (exact) mass is 247 g/mol. The average Bonchev–Trinajstić information content (AvgIpc) is 2.42. The summed E-state index contributed by atoms with van der Waals surface area (Å²) in [7, 11) is 0. The zero-order valence-corrected chi connectivity index (χ0v) is 9.81. The lowest BCUT2D eigenvalue weighted by Gasteiger charge is -2.07. The summed E-state index contributed by atoms with van der Waals surface area (Å²) in [5.74, 6) is -0.263. The van der Waals surface area contributed by atoms with Gasteiger partial charge in [-0.25, -0.2) is 14.4 Å². The van der Waals surface area contributed by atoms with Crippen LogP contribution in [-0.2, 0) is 6.54 Å². The third-order valence-electron chi connectivity index (χ3n) is 2.54. The number of aliphatic hydroxyl groups is 1. The van der Waals surface area contributed by atoms with Crippen molar-refractivity contribution in [2.24, 2.45) is 0 Å². The maximum absolute atomic E-state index is 13.6. The van der Waals surface area contributed by atoms with Gasteiger partial charge >= 0.3 is 0 Å². The predicted molar refractivity (Wildman–Crippen MR) is 66.2 cm³/mol. The molecule has 1 aromatic heterocycles. The summed E-state index contributed by atoms with van der Waals surface area (Å²) in [6.45, 7) is 0.861. The molecule has 94 valence electrons. The number of benzene rings is 1. The normalized spacial score (nSPS) is 10.6. The fourth-order valence-corrected chi connectivity index (χ4v) is 1.64. The van der Waals surface area contributed by atoms with E-state index in [2.05, 4.69) is 15.3 Å². The minimum atomic E-state index is -0.263. The van der Waals surface area contributed by atoms with Crippen LogP contribution in [0.1, 0.15) is 5.56 Å². The lowest BCUT2D eigenvalue weighted by atomic mass is 10.1. The van der Waals surface area contributed by atoms with Crippen molar-refractivity contribution in [2.75, 3.05) is 13.2 Å². The SMILES string of the molecule is OCCNCc1cc(-c2cncnc2)ccc1F. The molecule has 0 saturated carbocycles. The van der Waals surface area contributed by atoms with Crippen molar-refractivity contribution in [3.63, 3.8) is 0 Å². The van der Waals surface area contributed by atoms with Crippen LogP contribution in [0.25, 0.3) is 11.1 Å². The fraction of sp³-hybridized carbons (Fsp3) is 0.231. The molecule has 18 heavy (non-hydrogen) atoms. The largest absolute Gasteiger partial charge is 0.395 e. The summed E-state index contributed by atoms with van der Waals surface area (Å²) in [5.41, 5.74) is 2.28. The van der Waals surface area contributed by atoms with Gasteiger partial charge < -0.3 is 10.4 Å². The van der Waals surface area contributed by atoms with E-state index in [9.17, 15) is 4.39 Å². The number of rotatable bonds is 5. The molecule has 4 nitrogen and oxygen atoms in total. The second kappa shape index (κ2) is 6.18. The number of nitrogens with one attached hydrogen (secondary N) is 1. The van der Waals surface area contributed by atoms with Crippen LogP contribution >= 0.6 is 0 Å². The van der Waals surface area contributed by atoms with Crippen molar-refractivity contribution in [1.29, 1.82) is 0 Å². The molecule has 0 amide bonds. The van der Waals surface area contributed by atoms with Crippen LogP contribution in [0.5, 0.6) is 0 Å². The van der Waals surface area contributed by atoms with Crippen molar-refractivity contribution in [3.05, 3.63) is 48.3 Å². The molecule has 2 rings (SSSR count). The molecule has 0 aliphatic carbocycles. The van der Waals surface area contributed by atoms with Gasteiger partial charge in [0.1, 0.15) is 12.1 Å². The van der Waals surface area contributed by atoms with E-state index in [1.54, 1.807) is 24.5 Å². The maximum Gasteiger partial charge on any atom is 0.127 e. The van der Waals surface area contributed by atoms with E-state index in [1.165, 1.54) is 12.4 Å². The topological polar surface area (TPSA) is 58.0 Å². The molecule has 0 radical (unpaired) electrons. The van der Waals surface area contributed by atoms with Crippen LogP contribution in [0, 0.1) is 5.82 Å². The number of halogens is 1. The number of hydrogen-bond acceptors (Lipinski definition) is 4. The number of nitrogens with zero attached hydrogens (tertiary/aromatic N) is 2. The van der Waals surface area contributed by atoms with Crippen molar-refractivity contribution in [3.8, 4) is 11.1 Å². The van der Waals surface area contributed by atoms with Gasteiger partial charge in [0.05, 0.1) is 6.61 Å². The summed E-state index contributed by atoms with van der Waals surface area (Å²) < 4.78 is 13.6. The van der Waals surface area contributed by atoms with Gasteiger partial charge in [-0.2, -0.15) is 0 Å². The smallest absolute Gasteiger partial charge is 0.127 e. The lowest BCUT2D eigenvalue weighted by Crippen LogP contribution is -2.18. The molecule has 0 aliphatic heterocycles. The molecule has 2 aromatic rings. The average molecular weight is 247 g/mol. The zero-order valence-electron chi connectivity index (χ0n) is 9.81. The van der Waals surface area contributed by atoms with Gasteiger partial charge in [0.2, 0.25) is 0 Å². The van der Waals surface area contributed by atoms with E-state index in [-0.39, 0.29) is 12.4 Å². The molecule has 0 atom stereocenters. The summed E-state index contributed by atoms with van der Waals surface area (Å²) in [5, 5.41) is 11.6. The number of hydrogen-bond donors (Lipinski definition) is 2. The highest BCUT2D eigenvalue weighted by molar-refractivity contribution is 5.62. The Kier molecular flexibility index (Phi) is 4.33. The first-order valence-electron chi connectivity index (χ1n) is 5.66. The predicted octanol–water partition coefficient (Wildman–Crippen LogP) is 1.36. The van der Waals surface area contributed by atoms with E-state index in [1.807, 2.05) is 0 Å². The Labute approximate surface area is 105 Å². The highest BCUT2D eigenvalue weighted by atomic mass is 19.1. The molecule has 0 aliphatic rings. The highest BCUT2D eigenvalue weighted by Gasteiger charge is 2.05. The van der Waals surface area contributed by atoms with Gasteiger partial charge in [-0.15, -0.1) is 0 Å². The Bertz CT molecular complexity index is 505. The number of aliphatic hydroxyl groups excluding tert-OH is 1. The second-order valence-corrected chi connectivity index (χ2v) is 3.83. The summed E-state index contributed by atoms with van der Waals surface area (Å²) >= 11 is 0. The third kappa shape index (κ3) is 3.09. The van der Waals surface area contributed by atoms with Gasteiger partial charge in [-0.1, -0.05) is 6.07 Å². The first-order chi connectivity index (χ1) is 8.81. The van der Waals surface area contributed by atoms with Crippen molar-refractivity contribution >= 4 is 0 Å². The summed E-state index contributed by atoms with van der Waals surface area (Å²) in [6.07, 6.45) is 4.83. The molecule has 5 heteroatoms. The zero-order chi connectivity index (χ0) is 12.8. The molecule has 1 aromatic carbocycles. The van der Waals surface area contributed by atoms with E-state index < -0.39 is 0 Å². The lowest BCUT2D eigenvalue weighted by molar-refractivity contribution is 0.291. The quantitative estimate of drug-likeness (QED) is 0.783. The van der Waals surface area contributed by atoms with Gasteiger partial charge in [-0.3, -0.25) is 0 Å². The van der Waals surface area contributed by atoms with Crippen LogP contribution in [0.15, 0.2) is 36.9 Å². The van der Waals surface area contributed by atoms with Crippen LogP contribution in [-0.4, -0.2) is 28.2 Å². The van der Waals surface area contributed by atoms with Gasteiger partial charge in [0.25, 0.3) is 0 Å². The van der Waals surface area contributed by atoms with E-state index in [0.29, 0.717) is 18.7 Å². The first kappa shape index (κ1) is 12.6. The fourth-order valence-electron chi connectivity index (χ4n) is 1.64. The van der Waals surface area contributed by atoms with Crippen molar-refractivity contribution in [1.82, 2.24) is 15.3 Å². The summed E-state index contributed by atoms with van der Waals surface area (Å²) in [6, 6.07) is 4.89. The highest BCUT2D eigenvalue weighted by Crippen LogP contribution is 2.20. The molecule has 0 unspecified atom stereocenters. The Hall–Kier alpha value is -1.85. The Morgan fingerprint density at radius 3 is 2.67 bits per heavy atom. The minimum Gasteiger partial charge on any atom is -0.395 e. The molecule has 0 spiro atoms. The summed E-state index contributed by atoms with van der Waals surface area (Å²) in [4.78, 5) is 7.87. The number of aromatic nitrogens is 2. The Morgan fingerprint density at radius 2 is 1.94 bits per heavy atom. The van der Waals surface area contributed by atoms with Crippen molar-refractivity contribution < 1.29 is 9.50 Å². The van der Waals surface area contributed by atoms with Crippen LogP contribution in [0.3, 0.4) is 0 Å². The van der Waals surface area contributed by atoms with E-state index >= 15 is 0 Å². The second-order valence-electron chi connectivity index (χ2n) is 3.83. The Morgan fingerprint density at radius 1 is 1.17 bits per heavy atom. The Balaban J connectivity index is 2.21. The molecular weight excluding hydrogens is 233 g/mol. The minimum absolute atomic E-state index is 0.0356. The maximum atomic E-state index is 13.6. The van der Waals surface area contributed by atoms with Crippen molar-refractivity contribution in [2.45, 2.75) is 6.54 Å². The van der Waals surface area contributed by atoms with E-state index in [4.69, 9.17) is 5.11 Å². The molecule has 0 saturated heterocycles. The first-order valence-corrected chi connectivity index (χ1v) is 5.66. The molecular formula is C13H14FN3O. The van der Waals surface area contributed by atoms with Crippen LogP contribution in [0.4, 0.5) is 4.39 Å². The molecule has 0 fully saturated rings. The molecule has 2 N–H and O–H groups in total. The molecule has 1 heterocycles. The standard InChI is InChI=1S/C13H14FN3O/c14-13-2-1-10(12-7-16-9-17-8-12)5-11(13)6-15-3-4-18/h1-2,5,7-9,15,18H,3-4,6H2.